The first-order valence-electron chi connectivity index (χ1n) is 8.71. The van der Waals surface area contributed by atoms with E-state index in [1.807, 2.05) is 11.4 Å². The molecule has 4 aromatic rings. The van der Waals surface area contributed by atoms with E-state index in [0.29, 0.717) is 16.9 Å². The van der Waals surface area contributed by atoms with Gasteiger partial charge in [0.2, 0.25) is 0 Å². The molecular weight excluding hydrogens is 387 g/mol. The molecule has 0 bridgehead atoms. The maximum atomic E-state index is 12.8. The van der Waals surface area contributed by atoms with Gasteiger partial charge in [0.05, 0.1) is 29.6 Å². The van der Waals surface area contributed by atoms with E-state index in [-0.39, 0.29) is 12.2 Å². The van der Waals surface area contributed by atoms with Gasteiger partial charge < -0.3 is 15.4 Å². The molecule has 3 N–H and O–H groups in total. The molecule has 0 radical (unpaired) electrons. The molecule has 7 nitrogen and oxygen atoms in total. The van der Waals surface area contributed by atoms with Gasteiger partial charge in [0, 0.05) is 23.3 Å². The molecule has 0 saturated heterocycles. The Labute approximate surface area is 162 Å². The van der Waals surface area contributed by atoms with E-state index in [1.165, 1.54) is 10.7 Å². The molecule has 29 heavy (non-hydrogen) atoms. The van der Waals surface area contributed by atoms with Crippen LogP contribution in [0.5, 0.6) is 0 Å². The molecule has 4 heterocycles. The molecule has 0 aromatic carbocycles. The van der Waals surface area contributed by atoms with E-state index >= 15 is 0 Å². The summed E-state index contributed by atoms with van der Waals surface area (Å²) >= 11 is 0. The number of alkyl halides is 3. The molecule has 0 aliphatic carbocycles. The first kappa shape index (κ1) is 18.9. The fourth-order valence-corrected chi connectivity index (χ4v) is 3.05. The van der Waals surface area contributed by atoms with Crippen molar-refractivity contribution < 1.29 is 23.1 Å². The lowest BCUT2D eigenvalue weighted by atomic mass is 10.1. The van der Waals surface area contributed by atoms with Gasteiger partial charge in [-0.05, 0) is 36.8 Å². The number of pyridine rings is 2. The number of aliphatic hydroxyl groups is 1. The molecule has 0 saturated carbocycles. The number of carbonyl (C=O) groups is 1. The minimum Gasteiger partial charge on any atom is -0.390 e. The van der Waals surface area contributed by atoms with Gasteiger partial charge in [-0.15, -0.1) is 0 Å². The van der Waals surface area contributed by atoms with Crippen LogP contribution >= 0.6 is 0 Å². The second-order valence-corrected chi connectivity index (χ2v) is 6.60. The van der Waals surface area contributed by atoms with Crippen molar-refractivity contribution in [3.8, 4) is 11.1 Å². The number of amides is 1. The van der Waals surface area contributed by atoms with Crippen molar-refractivity contribution in [2.45, 2.75) is 25.7 Å². The minimum absolute atomic E-state index is 0.0449. The van der Waals surface area contributed by atoms with Crippen LogP contribution in [-0.2, 0) is 6.61 Å². The molecular formula is C19H16F3N5O2. The SMILES string of the molecule is C[C@@H](NC(=O)c1cnn2ccc(-c3c[nH]c4nc(CO)ccc34)cc12)C(F)(F)F. The summed E-state index contributed by atoms with van der Waals surface area (Å²) in [6, 6.07) is 5.01. The van der Waals surface area contributed by atoms with Crippen LogP contribution < -0.4 is 5.32 Å². The average molecular weight is 403 g/mol. The van der Waals surface area contributed by atoms with Crippen LogP contribution in [0.25, 0.3) is 27.7 Å². The highest BCUT2D eigenvalue weighted by Gasteiger charge is 2.37. The van der Waals surface area contributed by atoms with Gasteiger partial charge in [0.25, 0.3) is 5.91 Å². The number of nitrogens with zero attached hydrogens (tertiary/aromatic N) is 3. The molecule has 0 fully saturated rings. The molecule has 4 aromatic heterocycles. The molecule has 0 spiro atoms. The third-order valence-electron chi connectivity index (χ3n) is 4.67. The molecule has 10 heteroatoms. The van der Waals surface area contributed by atoms with Crippen LogP contribution in [0.15, 0.2) is 42.9 Å². The zero-order chi connectivity index (χ0) is 20.8. The largest absolute Gasteiger partial charge is 0.408 e. The minimum atomic E-state index is -4.53. The van der Waals surface area contributed by atoms with Crippen LogP contribution in [-0.4, -0.2) is 42.8 Å². The summed E-state index contributed by atoms with van der Waals surface area (Å²) in [7, 11) is 0. The van der Waals surface area contributed by atoms with Gasteiger partial charge in [0.15, 0.2) is 0 Å². The fraction of sp³-hybridized carbons (Fsp3) is 0.211. The van der Waals surface area contributed by atoms with Crippen LogP contribution in [0.2, 0.25) is 0 Å². The maximum absolute atomic E-state index is 12.8. The molecule has 1 atom stereocenters. The number of carbonyl (C=O) groups excluding carboxylic acids is 1. The Bertz CT molecular complexity index is 1210. The number of hydrogen-bond donors (Lipinski definition) is 3. The second-order valence-electron chi connectivity index (χ2n) is 6.60. The zero-order valence-electron chi connectivity index (χ0n) is 15.2. The molecule has 0 aliphatic rings. The quantitative estimate of drug-likeness (QED) is 0.488. The Morgan fingerprint density at radius 1 is 1.34 bits per heavy atom. The summed E-state index contributed by atoms with van der Waals surface area (Å²) in [5, 5.41) is 16.0. The summed E-state index contributed by atoms with van der Waals surface area (Å²) in [6.45, 7) is 0.704. The first-order valence-corrected chi connectivity index (χ1v) is 8.71. The standard InChI is InChI=1S/C19H16F3N5O2/c1-10(19(20,21)22)25-18(29)15-8-24-27-5-4-11(6-16(15)27)14-7-23-17-13(14)3-2-12(9-28)26-17/h2-8,10,28H,9H2,1H3,(H,23,26)(H,25,29)/t10-/m1/s1. The molecule has 1 amide bonds. The lowest BCUT2D eigenvalue weighted by Gasteiger charge is -2.16. The van der Waals surface area contributed by atoms with E-state index in [4.69, 9.17) is 0 Å². The summed E-state index contributed by atoms with van der Waals surface area (Å²) in [6.07, 6.45) is 0.0750. The third kappa shape index (κ3) is 3.42. The van der Waals surface area contributed by atoms with E-state index in [2.05, 4.69) is 15.1 Å². The number of hydrogen-bond acceptors (Lipinski definition) is 4. The topological polar surface area (TPSA) is 95.3 Å². The number of nitrogens with one attached hydrogen (secondary N) is 2. The van der Waals surface area contributed by atoms with Crippen molar-refractivity contribution in [1.82, 2.24) is 24.9 Å². The van der Waals surface area contributed by atoms with Crippen LogP contribution in [0, 0.1) is 0 Å². The van der Waals surface area contributed by atoms with E-state index < -0.39 is 18.1 Å². The van der Waals surface area contributed by atoms with Gasteiger partial charge in [0.1, 0.15) is 11.7 Å². The highest BCUT2D eigenvalue weighted by atomic mass is 19.4. The Kier molecular flexibility index (Phi) is 4.50. The van der Waals surface area contributed by atoms with Crippen molar-refractivity contribution in [3.63, 3.8) is 0 Å². The number of aromatic nitrogens is 4. The Balaban J connectivity index is 1.73. The number of fused-ring (bicyclic) bond motifs is 2. The third-order valence-corrected chi connectivity index (χ3v) is 4.67. The predicted octanol–water partition coefficient (Wildman–Crippen LogP) is 3.05. The lowest BCUT2D eigenvalue weighted by molar-refractivity contribution is -0.149. The number of aliphatic hydroxyl groups excluding tert-OH is 1. The maximum Gasteiger partial charge on any atom is 0.408 e. The highest BCUT2D eigenvalue weighted by Crippen LogP contribution is 2.29. The smallest absolute Gasteiger partial charge is 0.390 e. The van der Waals surface area contributed by atoms with Crippen LogP contribution in [0.1, 0.15) is 23.0 Å². The number of halogens is 3. The van der Waals surface area contributed by atoms with Crippen molar-refractivity contribution >= 4 is 22.5 Å². The van der Waals surface area contributed by atoms with Crippen molar-refractivity contribution in [2.24, 2.45) is 0 Å². The Morgan fingerprint density at radius 3 is 2.86 bits per heavy atom. The van der Waals surface area contributed by atoms with E-state index in [0.717, 1.165) is 23.4 Å². The summed E-state index contributed by atoms with van der Waals surface area (Å²) in [4.78, 5) is 19.7. The fourth-order valence-electron chi connectivity index (χ4n) is 3.05. The van der Waals surface area contributed by atoms with Gasteiger partial charge >= 0.3 is 6.18 Å². The normalized spacial score (nSPS) is 13.1. The average Bonchev–Trinajstić information content (AvgIpc) is 3.30. The van der Waals surface area contributed by atoms with E-state index in [1.54, 1.807) is 30.6 Å². The molecule has 150 valence electrons. The van der Waals surface area contributed by atoms with Crippen molar-refractivity contribution in [2.75, 3.05) is 0 Å². The number of aromatic amines is 1. The summed E-state index contributed by atoms with van der Waals surface area (Å²) in [5.74, 6) is -0.852. The van der Waals surface area contributed by atoms with Gasteiger partial charge in [-0.3, -0.25) is 4.79 Å². The van der Waals surface area contributed by atoms with Gasteiger partial charge in [-0.2, -0.15) is 18.3 Å². The Hall–Kier alpha value is -3.40. The second kappa shape index (κ2) is 6.89. The molecule has 0 aliphatic heterocycles. The predicted molar refractivity (Wildman–Crippen MR) is 99.2 cm³/mol. The molecule has 0 unspecified atom stereocenters. The Morgan fingerprint density at radius 2 is 2.14 bits per heavy atom. The van der Waals surface area contributed by atoms with Crippen molar-refractivity contribution in [3.05, 3.63) is 54.1 Å². The molecule has 4 rings (SSSR count). The van der Waals surface area contributed by atoms with Crippen LogP contribution in [0.4, 0.5) is 13.2 Å². The van der Waals surface area contributed by atoms with Crippen LogP contribution in [0.3, 0.4) is 0 Å². The highest BCUT2D eigenvalue weighted by molar-refractivity contribution is 6.02. The number of rotatable bonds is 4. The van der Waals surface area contributed by atoms with Gasteiger partial charge in [-0.1, -0.05) is 0 Å². The first-order chi connectivity index (χ1) is 13.8. The van der Waals surface area contributed by atoms with Gasteiger partial charge in [-0.25, -0.2) is 9.50 Å². The summed E-state index contributed by atoms with van der Waals surface area (Å²) in [5.41, 5.74) is 3.08. The zero-order valence-corrected chi connectivity index (χ0v) is 15.2. The van der Waals surface area contributed by atoms with Crippen molar-refractivity contribution in [1.29, 1.82) is 0 Å². The lowest BCUT2D eigenvalue weighted by Crippen LogP contribution is -2.43. The summed E-state index contributed by atoms with van der Waals surface area (Å²) < 4.78 is 39.7. The monoisotopic (exact) mass is 403 g/mol. The van der Waals surface area contributed by atoms with E-state index in [9.17, 15) is 23.1 Å². The number of H-pyrrole nitrogens is 1.